The molecule has 0 saturated heterocycles. The zero-order valence-corrected chi connectivity index (χ0v) is 10.8. The number of anilines is 1. The maximum absolute atomic E-state index is 11.6. The minimum atomic E-state index is -0.192. The van der Waals surface area contributed by atoms with Crippen molar-refractivity contribution >= 4 is 11.7 Å². The average Bonchev–Trinajstić information content (AvgIpc) is 2.26. The van der Waals surface area contributed by atoms with Crippen molar-refractivity contribution in [3.63, 3.8) is 0 Å². The molecule has 2 N–H and O–H groups in total. The highest BCUT2D eigenvalue weighted by Gasteiger charge is 2.08. The Morgan fingerprint density at radius 1 is 1.24 bits per heavy atom. The van der Waals surface area contributed by atoms with Gasteiger partial charge in [0.25, 0.3) is 5.91 Å². The molecule has 0 saturated carbocycles. The van der Waals surface area contributed by atoms with Crippen LogP contribution in [-0.2, 0) is 0 Å². The first-order chi connectivity index (χ1) is 7.99. The van der Waals surface area contributed by atoms with Crippen LogP contribution in [-0.4, -0.2) is 28.5 Å². The van der Waals surface area contributed by atoms with E-state index in [1.807, 2.05) is 13.8 Å². The molecule has 0 fully saturated rings. The Hall–Kier alpha value is -1.65. The molecule has 1 rings (SSSR count). The van der Waals surface area contributed by atoms with Crippen molar-refractivity contribution < 1.29 is 4.79 Å². The van der Waals surface area contributed by atoms with Crippen LogP contribution in [0.3, 0.4) is 0 Å². The van der Waals surface area contributed by atoms with Gasteiger partial charge in [-0.1, -0.05) is 13.8 Å². The molecule has 5 heteroatoms. The number of hydrogen-bond donors (Lipinski definition) is 2. The molecule has 0 aliphatic carbocycles. The summed E-state index contributed by atoms with van der Waals surface area (Å²) in [6.45, 7) is 8.88. The van der Waals surface area contributed by atoms with Crippen molar-refractivity contribution in [2.24, 2.45) is 5.92 Å². The molecule has 1 amide bonds. The minimum absolute atomic E-state index is 0.100. The molecule has 17 heavy (non-hydrogen) atoms. The van der Waals surface area contributed by atoms with Crippen LogP contribution in [0.15, 0.2) is 12.4 Å². The predicted molar refractivity (Wildman–Crippen MR) is 68.0 cm³/mol. The monoisotopic (exact) mass is 236 g/mol. The fourth-order valence-electron chi connectivity index (χ4n) is 1.18. The third-order valence-corrected chi connectivity index (χ3v) is 2.00. The zero-order valence-electron chi connectivity index (χ0n) is 10.8. The van der Waals surface area contributed by atoms with Crippen LogP contribution < -0.4 is 10.6 Å². The van der Waals surface area contributed by atoms with E-state index in [2.05, 4.69) is 34.4 Å². The van der Waals surface area contributed by atoms with Gasteiger partial charge in [-0.3, -0.25) is 4.79 Å². The van der Waals surface area contributed by atoms with E-state index in [1.54, 1.807) is 6.20 Å². The third kappa shape index (κ3) is 4.80. The summed E-state index contributed by atoms with van der Waals surface area (Å²) in [5.41, 5.74) is 0.341. The quantitative estimate of drug-likeness (QED) is 0.816. The standard InChI is InChI=1S/C12H20N4O/c1-8(2)5-14-11-7-13-10(6-15-11)12(17)16-9(3)4/h6-9H,5H2,1-4H3,(H,14,15)(H,16,17). The molecule has 0 atom stereocenters. The molecular weight excluding hydrogens is 216 g/mol. The molecule has 0 aliphatic heterocycles. The first-order valence-corrected chi connectivity index (χ1v) is 5.85. The first kappa shape index (κ1) is 13.4. The summed E-state index contributed by atoms with van der Waals surface area (Å²) in [5, 5.41) is 5.91. The molecule has 0 aromatic carbocycles. The molecule has 1 aromatic rings. The molecule has 1 heterocycles. The molecule has 5 nitrogen and oxygen atoms in total. The van der Waals surface area contributed by atoms with Gasteiger partial charge in [0.2, 0.25) is 0 Å². The van der Waals surface area contributed by atoms with Gasteiger partial charge in [-0.2, -0.15) is 0 Å². The number of aromatic nitrogens is 2. The Morgan fingerprint density at radius 3 is 2.41 bits per heavy atom. The summed E-state index contributed by atoms with van der Waals surface area (Å²) in [6.07, 6.45) is 3.07. The number of hydrogen-bond acceptors (Lipinski definition) is 4. The largest absolute Gasteiger partial charge is 0.369 e. The van der Waals surface area contributed by atoms with E-state index in [-0.39, 0.29) is 11.9 Å². The zero-order chi connectivity index (χ0) is 12.8. The second-order valence-electron chi connectivity index (χ2n) is 4.69. The topological polar surface area (TPSA) is 66.9 Å². The lowest BCUT2D eigenvalue weighted by atomic mass is 10.2. The van der Waals surface area contributed by atoms with E-state index >= 15 is 0 Å². The second-order valence-corrected chi connectivity index (χ2v) is 4.69. The molecule has 0 unspecified atom stereocenters. The molecular formula is C12H20N4O. The summed E-state index contributed by atoms with van der Waals surface area (Å²) in [4.78, 5) is 19.8. The van der Waals surface area contributed by atoms with Crippen LogP contribution in [0, 0.1) is 5.92 Å². The van der Waals surface area contributed by atoms with E-state index in [4.69, 9.17) is 0 Å². The van der Waals surface area contributed by atoms with Gasteiger partial charge in [0.15, 0.2) is 0 Å². The summed E-state index contributed by atoms with van der Waals surface area (Å²) in [6, 6.07) is 0.100. The van der Waals surface area contributed by atoms with E-state index in [0.717, 1.165) is 6.54 Å². The average molecular weight is 236 g/mol. The molecule has 0 spiro atoms. The number of carbonyl (C=O) groups is 1. The number of nitrogens with one attached hydrogen (secondary N) is 2. The summed E-state index contributed by atoms with van der Waals surface area (Å²) < 4.78 is 0. The fraction of sp³-hybridized carbons (Fsp3) is 0.583. The van der Waals surface area contributed by atoms with Gasteiger partial charge in [0, 0.05) is 12.6 Å². The Balaban J connectivity index is 2.58. The Labute approximate surface area is 102 Å². The fourth-order valence-corrected chi connectivity index (χ4v) is 1.18. The van der Waals surface area contributed by atoms with Crippen molar-refractivity contribution in [1.82, 2.24) is 15.3 Å². The Morgan fingerprint density at radius 2 is 1.94 bits per heavy atom. The Bertz CT molecular complexity index is 359. The van der Waals surface area contributed by atoms with Crippen LogP contribution in [0.1, 0.15) is 38.2 Å². The normalized spacial score (nSPS) is 10.7. The van der Waals surface area contributed by atoms with Gasteiger partial charge >= 0.3 is 0 Å². The molecule has 0 radical (unpaired) electrons. The maximum Gasteiger partial charge on any atom is 0.271 e. The summed E-state index contributed by atoms with van der Waals surface area (Å²) in [5.74, 6) is 1.04. The minimum Gasteiger partial charge on any atom is -0.369 e. The van der Waals surface area contributed by atoms with Crippen molar-refractivity contribution in [3.8, 4) is 0 Å². The van der Waals surface area contributed by atoms with E-state index in [1.165, 1.54) is 6.20 Å². The highest BCUT2D eigenvalue weighted by atomic mass is 16.1. The number of carbonyl (C=O) groups excluding carboxylic acids is 1. The van der Waals surface area contributed by atoms with Crippen molar-refractivity contribution in [1.29, 1.82) is 0 Å². The predicted octanol–water partition coefficient (Wildman–Crippen LogP) is 1.68. The molecule has 0 aliphatic rings. The summed E-state index contributed by atoms with van der Waals surface area (Å²) in [7, 11) is 0. The van der Waals surface area contributed by atoms with Gasteiger partial charge in [-0.05, 0) is 19.8 Å². The SMILES string of the molecule is CC(C)CNc1cnc(C(=O)NC(C)C)cn1. The van der Waals surface area contributed by atoms with Crippen LogP contribution in [0.2, 0.25) is 0 Å². The van der Waals surface area contributed by atoms with Gasteiger partial charge in [-0.15, -0.1) is 0 Å². The lowest BCUT2D eigenvalue weighted by Gasteiger charge is -2.09. The lowest BCUT2D eigenvalue weighted by molar-refractivity contribution is 0.0937. The van der Waals surface area contributed by atoms with Crippen molar-refractivity contribution in [2.75, 3.05) is 11.9 Å². The maximum atomic E-state index is 11.6. The molecule has 0 bridgehead atoms. The molecule has 1 aromatic heterocycles. The van der Waals surface area contributed by atoms with E-state index < -0.39 is 0 Å². The van der Waals surface area contributed by atoms with Crippen molar-refractivity contribution in [2.45, 2.75) is 33.7 Å². The third-order valence-electron chi connectivity index (χ3n) is 2.00. The van der Waals surface area contributed by atoms with E-state index in [9.17, 15) is 4.79 Å². The molecule has 94 valence electrons. The number of nitrogens with zero attached hydrogens (tertiary/aromatic N) is 2. The highest BCUT2D eigenvalue weighted by molar-refractivity contribution is 5.92. The van der Waals surface area contributed by atoms with Gasteiger partial charge in [-0.25, -0.2) is 9.97 Å². The van der Waals surface area contributed by atoms with E-state index in [0.29, 0.717) is 17.4 Å². The van der Waals surface area contributed by atoms with Crippen molar-refractivity contribution in [3.05, 3.63) is 18.1 Å². The van der Waals surface area contributed by atoms with Crippen LogP contribution in [0.4, 0.5) is 5.82 Å². The highest BCUT2D eigenvalue weighted by Crippen LogP contribution is 2.03. The van der Waals surface area contributed by atoms with Crippen LogP contribution in [0.5, 0.6) is 0 Å². The second kappa shape index (κ2) is 6.18. The number of amides is 1. The van der Waals surface area contributed by atoms with Gasteiger partial charge in [0.05, 0.1) is 12.4 Å². The lowest BCUT2D eigenvalue weighted by Crippen LogP contribution is -2.30. The van der Waals surface area contributed by atoms with Crippen LogP contribution >= 0.6 is 0 Å². The smallest absolute Gasteiger partial charge is 0.271 e. The van der Waals surface area contributed by atoms with Gasteiger partial charge in [0.1, 0.15) is 11.5 Å². The first-order valence-electron chi connectivity index (χ1n) is 5.85. The van der Waals surface area contributed by atoms with Crippen LogP contribution in [0.25, 0.3) is 0 Å². The summed E-state index contributed by atoms with van der Waals surface area (Å²) >= 11 is 0. The van der Waals surface area contributed by atoms with Gasteiger partial charge < -0.3 is 10.6 Å². The Kier molecular flexibility index (Phi) is 4.87. The number of rotatable bonds is 5.